The van der Waals surface area contributed by atoms with Gasteiger partial charge in [-0.1, -0.05) is 0 Å². The summed E-state index contributed by atoms with van der Waals surface area (Å²) >= 11 is 0. The molecule has 0 fully saturated rings. The van der Waals surface area contributed by atoms with Crippen LogP contribution in [-0.2, 0) is 25.8 Å². The molecular formula is C2H9Cl3HfO. The van der Waals surface area contributed by atoms with Crippen molar-refractivity contribution >= 4 is 37.2 Å². The van der Waals surface area contributed by atoms with Gasteiger partial charge in [0.2, 0.25) is 0 Å². The fraction of sp³-hybridized carbons (Fsp3) is 1.00. The van der Waals surface area contributed by atoms with Gasteiger partial charge in [0, 0.05) is 32.5 Å². The van der Waals surface area contributed by atoms with Crippen LogP contribution >= 0.6 is 37.2 Å². The van der Waals surface area contributed by atoms with Gasteiger partial charge in [-0.3, -0.25) is 0 Å². The van der Waals surface area contributed by atoms with Crippen LogP contribution in [0.3, 0.4) is 0 Å². The van der Waals surface area contributed by atoms with E-state index in [-0.39, 0.29) is 69.7 Å². The number of rotatable bonds is 0. The Bertz CT molecular complexity index is 12.9. The first-order valence-electron chi connectivity index (χ1n) is 1.02. The summed E-state index contributed by atoms with van der Waals surface area (Å²) in [7, 11) is 0. The van der Waals surface area contributed by atoms with Crippen LogP contribution in [0.1, 0.15) is 6.92 Å². The largest absolute Gasteiger partial charge is 0.397 e. The van der Waals surface area contributed by atoms with Crippen molar-refractivity contribution in [2.75, 3.05) is 6.61 Å². The van der Waals surface area contributed by atoms with Crippen LogP contribution in [0, 0.1) is 0 Å². The first kappa shape index (κ1) is 37.7. The van der Waals surface area contributed by atoms with Gasteiger partial charge >= 0.3 is 0 Å². The molecule has 0 aromatic rings. The Morgan fingerprint density at radius 3 is 1.14 bits per heavy atom. The van der Waals surface area contributed by atoms with E-state index in [9.17, 15) is 0 Å². The zero-order valence-electron chi connectivity index (χ0n) is 3.88. The van der Waals surface area contributed by atoms with Gasteiger partial charge in [-0.25, -0.2) is 0 Å². The molecule has 0 aliphatic rings. The van der Waals surface area contributed by atoms with Gasteiger partial charge in [0.05, 0.1) is 0 Å². The summed E-state index contributed by atoms with van der Waals surface area (Å²) in [6, 6.07) is 0. The van der Waals surface area contributed by atoms with Crippen LogP contribution in [0.5, 0.6) is 0 Å². The molecule has 0 radical (unpaired) electrons. The molecule has 0 spiro atoms. The number of hydrogen-bond donors (Lipinski definition) is 1. The van der Waals surface area contributed by atoms with Crippen molar-refractivity contribution in [2.45, 2.75) is 6.92 Å². The summed E-state index contributed by atoms with van der Waals surface area (Å²) in [4.78, 5) is 0. The minimum absolute atomic E-state index is 0. The van der Waals surface area contributed by atoms with Crippen LogP contribution in [0.25, 0.3) is 0 Å². The van der Waals surface area contributed by atoms with E-state index in [1.807, 2.05) is 0 Å². The van der Waals surface area contributed by atoms with Crippen LogP contribution in [0.15, 0.2) is 0 Å². The topological polar surface area (TPSA) is 20.2 Å². The number of aliphatic hydroxyl groups is 1. The first-order chi connectivity index (χ1) is 1.41. The zero-order valence-corrected chi connectivity index (χ0v) is 9.92. The van der Waals surface area contributed by atoms with E-state index in [0.717, 1.165) is 0 Å². The van der Waals surface area contributed by atoms with Gasteiger partial charge < -0.3 is 5.11 Å². The van der Waals surface area contributed by atoms with Gasteiger partial charge in [-0.15, -0.1) is 37.2 Å². The average Bonchev–Trinajstić information content (AvgIpc) is 0.918. The van der Waals surface area contributed by atoms with Gasteiger partial charge in [0.25, 0.3) is 0 Å². The second-order valence-electron chi connectivity index (χ2n) is 0.316. The van der Waals surface area contributed by atoms with E-state index in [1.54, 1.807) is 6.92 Å². The minimum atomic E-state index is 0. The van der Waals surface area contributed by atoms with E-state index < -0.39 is 0 Å². The SMILES string of the molecule is CCO.Cl.Cl.Cl.[Hf]. The van der Waals surface area contributed by atoms with Gasteiger partial charge in [-0.05, 0) is 6.92 Å². The summed E-state index contributed by atoms with van der Waals surface area (Å²) in [6.45, 7) is 1.93. The van der Waals surface area contributed by atoms with Gasteiger partial charge in [0.1, 0.15) is 0 Å². The molecule has 0 aliphatic heterocycles. The molecule has 0 saturated heterocycles. The third-order valence-electron chi connectivity index (χ3n) is 0. The molecule has 0 heterocycles. The van der Waals surface area contributed by atoms with E-state index >= 15 is 0 Å². The van der Waals surface area contributed by atoms with Crippen LogP contribution in [0.4, 0.5) is 0 Å². The first-order valence-corrected chi connectivity index (χ1v) is 1.02. The fourth-order valence-corrected chi connectivity index (χ4v) is 0. The molecule has 0 rings (SSSR count). The molecule has 5 heteroatoms. The van der Waals surface area contributed by atoms with Crippen molar-refractivity contribution in [3.05, 3.63) is 0 Å². The smallest absolute Gasteiger partial charge is 0.0402 e. The quantitative estimate of drug-likeness (QED) is 0.662. The van der Waals surface area contributed by atoms with Gasteiger partial charge in [0.15, 0.2) is 0 Å². The normalized spacial score (nSPS) is 2.57. The van der Waals surface area contributed by atoms with Crippen LogP contribution in [0.2, 0.25) is 0 Å². The van der Waals surface area contributed by atoms with Crippen molar-refractivity contribution in [3.63, 3.8) is 0 Å². The Balaban J connectivity index is -0.00000000333. The third kappa shape index (κ3) is 86.6. The summed E-state index contributed by atoms with van der Waals surface area (Å²) in [6.07, 6.45) is 0. The van der Waals surface area contributed by atoms with E-state index in [1.165, 1.54) is 0 Å². The Labute approximate surface area is 81.3 Å². The third-order valence-corrected chi connectivity index (χ3v) is 0. The Morgan fingerprint density at radius 2 is 1.14 bits per heavy atom. The van der Waals surface area contributed by atoms with Crippen molar-refractivity contribution < 1.29 is 30.9 Å². The monoisotopic (exact) mass is 334 g/mol. The van der Waals surface area contributed by atoms with Crippen LogP contribution in [-0.4, -0.2) is 11.7 Å². The molecule has 7 heavy (non-hydrogen) atoms. The van der Waals surface area contributed by atoms with E-state index in [4.69, 9.17) is 5.11 Å². The maximum absolute atomic E-state index is 7.57. The number of halogens is 3. The summed E-state index contributed by atoms with van der Waals surface area (Å²) < 4.78 is 0. The molecule has 0 aromatic heterocycles. The predicted octanol–water partition coefficient (Wildman–Crippen LogP) is 1.26. The Morgan fingerprint density at radius 1 is 1.14 bits per heavy atom. The number of aliphatic hydroxyl groups excluding tert-OH is 1. The molecule has 0 saturated carbocycles. The summed E-state index contributed by atoms with van der Waals surface area (Å²) in [5.74, 6) is 0. The molecule has 0 unspecified atom stereocenters. The molecular weight excluding hydrogens is 325 g/mol. The van der Waals surface area contributed by atoms with Crippen LogP contribution < -0.4 is 0 Å². The maximum atomic E-state index is 7.57. The predicted molar refractivity (Wildman–Crippen MR) is 34.5 cm³/mol. The number of hydrogen-bond acceptors (Lipinski definition) is 1. The van der Waals surface area contributed by atoms with E-state index in [2.05, 4.69) is 0 Å². The second kappa shape index (κ2) is 47.4. The minimum Gasteiger partial charge on any atom is -0.397 e. The van der Waals surface area contributed by atoms with Crippen molar-refractivity contribution in [1.82, 2.24) is 0 Å². The van der Waals surface area contributed by atoms with Crippen molar-refractivity contribution in [1.29, 1.82) is 0 Å². The Kier molecular flexibility index (Phi) is 255. The molecule has 0 atom stereocenters. The molecule has 0 aliphatic carbocycles. The maximum Gasteiger partial charge on any atom is 0.0402 e. The molecule has 0 aromatic carbocycles. The molecule has 1 nitrogen and oxygen atoms in total. The van der Waals surface area contributed by atoms with Crippen molar-refractivity contribution in [2.24, 2.45) is 0 Å². The molecule has 1 N–H and O–H groups in total. The second-order valence-corrected chi connectivity index (χ2v) is 0.316. The Hall–Kier alpha value is 1.70. The fourth-order valence-electron chi connectivity index (χ4n) is 0. The summed E-state index contributed by atoms with van der Waals surface area (Å²) in [5.41, 5.74) is 0. The zero-order chi connectivity index (χ0) is 2.71. The van der Waals surface area contributed by atoms with Crippen molar-refractivity contribution in [3.8, 4) is 0 Å². The van der Waals surface area contributed by atoms with E-state index in [0.29, 0.717) is 0 Å². The molecule has 0 amide bonds. The molecule has 0 bridgehead atoms. The summed E-state index contributed by atoms with van der Waals surface area (Å²) in [5, 5.41) is 7.57. The standard InChI is InChI=1S/C2H6O.3ClH.Hf/c1-2-3;;;;/h3H,2H2,1H3;3*1H;. The average molecular weight is 334 g/mol. The molecule has 48 valence electrons. The van der Waals surface area contributed by atoms with Gasteiger partial charge in [-0.2, -0.15) is 0 Å².